The first-order valence-electron chi connectivity index (χ1n) is 5.97. The highest BCUT2D eigenvalue weighted by molar-refractivity contribution is 7.99. The third-order valence-corrected chi connectivity index (χ3v) is 3.72. The molecule has 0 bridgehead atoms. The van der Waals surface area contributed by atoms with E-state index in [0.717, 1.165) is 27.8 Å². The van der Waals surface area contributed by atoms with Crippen LogP contribution in [0.5, 0.6) is 5.75 Å². The quantitative estimate of drug-likeness (QED) is 0.649. The number of nitrogens with two attached hydrogens (primary N) is 1. The second-order valence-electron chi connectivity index (χ2n) is 3.92. The first-order valence-corrected chi connectivity index (χ1v) is 7.33. The van der Waals surface area contributed by atoms with Gasteiger partial charge >= 0.3 is 0 Å². The predicted molar refractivity (Wildman–Crippen MR) is 80.9 cm³/mol. The lowest BCUT2D eigenvalue weighted by Gasteiger charge is -2.06. The van der Waals surface area contributed by atoms with Gasteiger partial charge in [-0.1, -0.05) is 11.6 Å². The van der Waals surface area contributed by atoms with Gasteiger partial charge in [-0.3, -0.25) is 0 Å². The predicted octanol–water partition coefficient (Wildman–Crippen LogP) is 3.88. The summed E-state index contributed by atoms with van der Waals surface area (Å²) in [6.45, 7) is 0.692. The molecule has 2 N–H and O–H groups in total. The average molecular weight is 295 g/mol. The molecule has 0 saturated heterocycles. The SMILES string of the molecule is Nc1ccc(SCCCOc2ccc(Cl)cc2)cn1. The van der Waals surface area contributed by atoms with Crippen LogP contribution in [0.4, 0.5) is 5.82 Å². The third kappa shape index (κ3) is 5.01. The fourth-order valence-electron chi connectivity index (χ4n) is 1.45. The lowest BCUT2D eigenvalue weighted by molar-refractivity contribution is 0.319. The Balaban J connectivity index is 1.64. The number of hydrogen-bond donors (Lipinski definition) is 1. The monoisotopic (exact) mass is 294 g/mol. The molecule has 0 atom stereocenters. The van der Waals surface area contributed by atoms with Crippen molar-refractivity contribution in [3.05, 3.63) is 47.6 Å². The summed E-state index contributed by atoms with van der Waals surface area (Å²) in [7, 11) is 0. The van der Waals surface area contributed by atoms with Crippen LogP contribution in [0.15, 0.2) is 47.5 Å². The van der Waals surface area contributed by atoms with Crippen LogP contribution in [-0.2, 0) is 0 Å². The van der Waals surface area contributed by atoms with Crippen LogP contribution in [-0.4, -0.2) is 17.3 Å². The van der Waals surface area contributed by atoms with Crippen molar-refractivity contribution < 1.29 is 4.74 Å². The van der Waals surface area contributed by atoms with Gasteiger partial charge in [0.15, 0.2) is 0 Å². The molecule has 100 valence electrons. The summed E-state index contributed by atoms with van der Waals surface area (Å²) < 4.78 is 5.61. The molecule has 0 unspecified atom stereocenters. The zero-order valence-corrected chi connectivity index (χ0v) is 12.0. The molecule has 1 heterocycles. The first-order chi connectivity index (χ1) is 9.24. The van der Waals surface area contributed by atoms with Crippen LogP contribution in [0, 0.1) is 0 Å². The molecule has 0 aliphatic heterocycles. The fourth-order valence-corrected chi connectivity index (χ4v) is 2.36. The number of aromatic nitrogens is 1. The van der Waals surface area contributed by atoms with Crippen molar-refractivity contribution in [1.82, 2.24) is 4.98 Å². The molecule has 0 radical (unpaired) electrons. The van der Waals surface area contributed by atoms with Crippen LogP contribution in [0.2, 0.25) is 5.02 Å². The molecule has 5 heteroatoms. The molecule has 19 heavy (non-hydrogen) atoms. The van der Waals surface area contributed by atoms with Gasteiger partial charge in [0, 0.05) is 21.9 Å². The summed E-state index contributed by atoms with van der Waals surface area (Å²) in [5.41, 5.74) is 5.53. The Labute approximate surface area is 122 Å². The van der Waals surface area contributed by atoms with Crippen LogP contribution >= 0.6 is 23.4 Å². The number of rotatable bonds is 6. The van der Waals surface area contributed by atoms with E-state index in [1.54, 1.807) is 18.0 Å². The van der Waals surface area contributed by atoms with E-state index in [9.17, 15) is 0 Å². The molecule has 0 aliphatic rings. The van der Waals surface area contributed by atoms with E-state index in [2.05, 4.69) is 4.98 Å². The number of nitrogen functional groups attached to an aromatic ring is 1. The number of pyridine rings is 1. The Bertz CT molecular complexity index is 454. The molecule has 0 saturated carbocycles. The van der Waals surface area contributed by atoms with E-state index < -0.39 is 0 Å². The van der Waals surface area contributed by atoms with E-state index in [1.807, 2.05) is 36.4 Å². The number of benzene rings is 1. The largest absolute Gasteiger partial charge is 0.494 e. The van der Waals surface area contributed by atoms with Crippen molar-refractivity contribution in [3.63, 3.8) is 0 Å². The molecule has 0 fully saturated rings. The molecule has 2 aromatic rings. The molecule has 1 aromatic heterocycles. The first kappa shape index (κ1) is 14.0. The number of hydrogen-bond acceptors (Lipinski definition) is 4. The maximum atomic E-state index is 5.80. The topological polar surface area (TPSA) is 48.1 Å². The zero-order chi connectivity index (χ0) is 13.5. The number of nitrogens with zero attached hydrogens (tertiary/aromatic N) is 1. The zero-order valence-electron chi connectivity index (χ0n) is 10.4. The Morgan fingerprint density at radius 2 is 1.95 bits per heavy atom. The number of halogens is 1. The summed E-state index contributed by atoms with van der Waals surface area (Å²) in [5.74, 6) is 2.39. The minimum Gasteiger partial charge on any atom is -0.494 e. The fraction of sp³-hybridized carbons (Fsp3) is 0.214. The van der Waals surface area contributed by atoms with Crippen LogP contribution in [0.3, 0.4) is 0 Å². The lowest BCUT2D eigenvalue weighted by Crippen LogP contribution is -1.98. The minimum absolute atomic E-state index is 0.551. The maximum absolute atomic E-state index is 5.80. The number of thioether (sulfide) groups is 1. The van der Waals surface area contributed by atoms with E-state index in [4.69, 9.17) is 22.1 Å². The standard InChI is InChI=1S/C14H15ClN2OS/c15-11-2-4-12(5-3-11)18-8-1-9-19-13-6-7-14(16)17-10-13/h2-7,10H,1,8-9H2,(H2,16,17). The van der Waals surface area contributed by atoms with Gasteiger partial charge in [0.1, 0.15) is 11.6 Å². The van der Waals surface area contributed by atoms with Crippen LogP contribution in [0.25, 0.3) is 0 Å². The highest BCUT2D eigenvalue weighted by Crippen LogP contribution is 2.19. The summed E-state index contributed by atoms with van der Waals surface area (Å²) in [4.78, 5) is 5.17. The van der Waals surface area contributed by atoms with Crippen molar-refractivity contribution in [3.8, 4) is 5.75 Å². The van der Waals surface area contributed by atoms with E-state index in [1.165, 1.54) is 0 Å². The van der Waals surface area contributed by atoms with Crippen molar-refractivity contribution in [2.75, 3.05) is 18.1 Å². The van der Waals surface area contributed by atoms with E-state index in [-0.39, 0.29) is 0 Å². The second-order valence-corrected chi connectivity index (χ2v) is 5.53. The van der Waals surface area contributed by atoms with Crippen LogP contribution in [0.1, 0.15) is 6.42 Å². The number of ether oxygens (including phenoxy) is 1. The van der Waals surface area contributed by atoms with Crippen molar-refractivity contribution in [1.29, 1.82) is 0 Å². The van der Waals surface area contributed by atoms with Gasteiger partial charge < -0.3 is 10.5 Å². The molecular weight excluding hydrogens is 280 g/mol. The Morgan fingerprint density at radius 1 is 1.16 bits per heavy atom. The summed E-state index contributed by atoms with van der Waals surface area (Å²) in [6, 6.07) is 11.2. The normalized spacial score (nSPS) is 10.4. The second kappa shape index (κ2) is 7.26. The van der Waals surface area contributed by atoms with Gasteiger partial charge in [0.05, 0.1) is 6.61 Å². The minimum atomic E-state index is 0.551. The molecule has 2 rings (SSSR count). The molecule has 3 nitrogen and oxygen atoms in total. The average Bonchev–Trinajstić information content (AvgIpc) is 2.43. The van der Waals surface area contributed by atoms with Crippen molar-refractivity contribution >= 4 is 29.2 Å². The number of anilines is 1. The Hall–Kier alpha value is -1.39. The smallest absolute Gasteiger partial charge is 0.123 e. The van der Waals surface area contributed by atoms with Crippen molar-refractivity contribution in [2.24, 2.45) is 0 Å². The maximum Gasteiger partial charge on any atom is 0.123 e. The Morgan fingerprint density at radius 3 is 2.63 bits per heavy atom. The van der Waals surface area contributed by atoms with Gasteiger partial charge in [-0.05, 0) is 42.8 Å². The van der Waals surface area contributed by atoms with Gasteiger partial charge in [-0.25, -0.2) is 4.98 Å². The summed E-state index contributed by atoms with van der Waals surface area (Å²) in [6.07, 6.45) is 2.76. The molecule has 0 aliphatic carbocycles. The molecule has 1 aromatic carbocycles. The molecular formula is C14H15ClN2OS. The third-order valence-electron chi connectivity index (χ3n) is 2.40. The van der Waals surface area contributed by atoms with Gasteiger partial charge in [-0.2, -0.15) is 0 Å². The van der Waals surface area contributed by atoms with Gasteiger partial charge in [0.25, 0.3) is 0 Å². The summed E-state index contributed by atoms with van der Waals surface area (Å²) >= 11 is 7.55. The molecule has 0 amide bonds. The van der Waals surface area contributed by atoms with Crippen LogP contribution < -0.4 is 10.5 Å². The van der Waals surface area contributed by atoms with Crippen molar-refractivity contribution in [2.45, 2.75) is 11.3 Å². The molecule has 0 spiro atoms. The van der Waals surface area contributed by atoms with Gasteiger partial charge in [-0.15, -0.1) is 11.8 Å². The van der Waals surface area contributed by atoms with E-state index >= 15 is 0 Å². The highest BCUT2D eigenvalue weighted by Gasteiger charge is 1.97. The highest BCUT2D eigenvalue weighted by atomic mass is 35.5. The summed E-state index contributed by atoms with van der Waals surface area (Å²) in [5, 5.41) is 0.721. The lowest BCUT2D eigenvalue weighted by atomic mass is 10.3. The van der Waals surface area contributed by atoms with E-state index in [0.29, 0.717) is 12.4 Å². The van der Waals surface area contributed by atoms with Gasteiger partial charge in [0.2, 0.25) is 0 Å². The Kier molecular flexibility index (Phi) is 5.36.